The van der Waals surface area contributed by atoms with Crippen LogP contribution < -0.4 is 11.4 Å². The second-order valence-electron chi connectivity index (χ2n) is 6.92. The predicted octanol–water partition coefficient (Wildman–Crippen LogP) is 0.560. The third-order valence-corrected chi connectivity index (χ3v) is 4.63. The van der Waals surface area contributed by atoms with Crippen molar-refractivity contribution in [1.82, 2.24) is 9.55 Å². The molecule has 160 valence electrons. The van der Waals surface area contributed by atoms with Crippen molar-refractivity contribution >= 4 is 17.8 Å². The van der Waals surface area contributed by atoms with E-state index in [0.29, 0.717) is 0 Å². The summed E-state index contributed by atoms with van der Waals surface area (Å²) in [5.74, 6) is -4.79. The van der Waals surface area contributed by atoms with E-state index in [2.05, 4.69) is 4.98 Å². The van der Waals surface area contributed by atoms with Crippen molar-refractivity contribution in [2.75, 3.05) is 12.3 Å². The van der Waals surface area contributed by atoms with Crippen LogP contribution in [0.4, 0.5) is 10.2 Å². The highest BCUT2D eigenvalue weighted by Gasteiger charge is 2.66. The van der Waals surface area contributed by atoms with Crippen LogP contribution in [-0.4, -0.2) is 50.8 Å². The third kappa shape index (κ3) is 3.89. The van der Waals surface area contributed by atoms with Gasteiger partial charge >= 0.3 is 17.6 Å². The maximum absolute atomic E-state index is 15.6. The highest BCUT2D eigenvalue weighted by Crippen LogP contribution is 2.47. The minimum atomic E-state index is -2.99. The quantitative estimate of drug-likeness (QED) is 0.662. The van der Waals surface area contributed by atoms with Gasteiger partial charge in [-0.05, 0) is 25.1 Å². The molecule has 0 unspecified atom stereocenters. The molecule has 1 aromatic heterocycles. The van der Waals surface area contributed by atoms with Gasteiger partial charge in [0.05, 0.1) is 5.56 Å². The molecule has 0 bridgehead atoms. The Morgan fingerprint density at radius 1 is 1.33 bits per heavy atom. The molecule has 0 amide bonds. The Balaban J connectivity index is 1.91. The molecule has 11 heteroatoms. The first-order valence-electron chi connectivity index (χ1n) is 8.88. The van der Waals surface area contributed by atoms with Gasteiger partial charge in [0.2, 0.25) is 0 Å². The molecule has 0 aliphatic carbocycles. The average Bonchev–Trinajstić information content (AvgIpc) is 2.88. The molecular weight excluding hydrogens is 401 g/mol. The number of hydrogen-bond donors (Lipinski definition) is 2. The van der Waals surface area contributed by atoms with Crippen molar-refractivity contribution in [3.8, 4) is 0 Å². The fraction of sp³-hybridized carbons (Fsp3) is 0.368. The van der Waals surface area contributed by atoms with E-state index < -0.39 is 48.0 Å². The SMILES string of the molecule is CC(=O)O[C@@]1(C)[C@H](n2ccc(N)nc2=O)O[C@](F)(COC(=O)c2ccccc2)[C@H]1O. The number of benzene rings is 1. The van der Waals surface area contributed by atoms with Crippen molar-refractivity contribution in [3.05, 3.63) is 58.6 Å². The number of aliphatic hydroxyl groups excluding tert-OH is 1. The maximum atomic E-state index is 15.6. The van der Waals surface area contributed by atoms with Crippen LogP contribution in [0.15, 0.2) is 47.4 Å². The number of nitrogen functional groups attached to an aromatic ring is 1. The Morgan fingerprint density at radius 2 is 2.00 bits per heavy atom. The average molecular weight is 421 g/mol. The van der Waals surface area contributed by atoms with E-state index in [9.17, 15) is 19.5 Å². The number of alkyl halides is 1. The van der Waals surface area contributed by atoms with Crippen LogP contribution in [-0.2, 0) is 19.0 Å². The molecule has 2 aromatic rings. The van der Waals surface area contributed by atoms with E-state index in [1.807, 2.05) is 0 Å². The van der Waals surface area contributed by atoms with Crippen molar-refractivity contribution in [2.45, 2.75) is 37.6 Å². The minimum Gasteiger partial charge on any atom is -0.456 e. The molecule has 1 aliphatic rings. The lowest BCUT2D eigenvalue weighted by atomic mass is 9.94. The molecule has 10 nitrogen and oxygen atoms in total. The van der Waals surface area contributed by atoms with Gasteiger partial charge in [0, 0.05) is 13.1 Å². The number of ether oxygens (including phenoxy) is 3. The van der Waals surface area contributed by atoms with Crippen molar-refractivity contribution in [2.24, 2.45) is 0 Å². The van der Waals surface area contributed by atoms with Gasteiger partial charge in [-0.15, -0.1) is 0 Å². The summed E-state index contributed by atoms with van der Waals surface area (Å²) in [5.41, 5.74) is 2.66. The summed E-state index contributed by atoms with van der Waals surface area (Å²) in [4.78, 5) is 39.5. The molecule has 0 saturated carbocycles. The van der Waals surface area contributed by atoms with E-state index in [1.165, 1.54) is 25.1 Å². The highest BCUT2D eigenvalue weighted by atomic mass is 19.2. The van der Waals surface area contributed by atoms with Gasteiger partial charge < -0.3 is 25.1 Å². The lowest BCUT2D eigenvalue weighted by Crippen LogP contribution is -2.52. The van der Waals surface area contributed by atoms with Gasteiger partial charge in [-0.3, -0.25) is 9.36 Å². The zero-order valence-electron chi connectivity index (χ0n) is 16.1. The number of anilines is 1. The Hall–Kier alpha value is -3.31. The van der Waals surface area contributed by atoms with E-state index >= 15 is 4.39 Å². The van der Waals surface area contributed by atoms with E-state index in [1.54, 1.807) is 18.2 Å². The number of aromatic nitrogens is 2. The summed E-state index contributed by atoms with van der Waals surface area (Å²) in [7, 11) is 0. The Bertz CT molecular complexity index is 1010. The maximum Gasteiger partial charge on any atom is 0.351 e. The number of halogens is 1. The molecule has 1 fully saturated rings. The molecule has 1 saturated heterocycles. The number of carbonyl (C=O) groups is 2. The fourth-order valence-electron chi connectivity index (χ4n) is 3.22. The lowest BCUT2D eigenvalue weighted by molar-refractivity contribution is -0.207. The molecular formula is C19H20FN3O7. The summed E-state index contributed by atoms with van der Waals surface area (Å²) in [6.07, 6.45) is -2.56. The van der Waals surface area contributed by atoms with Crippen LogP contribution in [0.2, 0.25) is 0 Å². The smallest absolute Gasteiger partial charge is 0.351 e. The number of rotatable bonds is 5. The Morgan fingerprint density at radius 3 is 2.60 bits per heavy atom. The van der Waals surface area contributed by atoms with Gasteiger partial charge in [0.15, 0.2) is 24.5 Å². The second kappa shape index (κ2) is 7.84. The van der Waals surface area contributed by atoms with Gasteiger partial charge in [0.25, 0.3) is 5.85 Å². The van der Waals surface area contributed by atoms with Gasteiger partial charge in [-0.1, -0.05) is 18.2 Å². The normalized spacial score (nSPS) is 28.1. The highest BCUT2D eigenvalue weighted by molar-refractivity contribution is 5.89. The summed E-state index contributed by atoms with van der Waals surface area (Å²) in [6.45, 7) is 1.21. The zero-order chi connectivity index (χ0) is 22.1. The molecule has 4 atom stereocenters. The second-order valence-corrected chi connectivity index (χ2v) is 6.92. The molecule has 3 rings (SSSR count). The minimum absolute atomic E-state index is 0.0905. The standard InChI is InChI=1S/C19H20FN3O7/c1-11(24)29-18(2)15(26)19(20,10-28-14(25)12-6-4-3-5-7-12)30-16(18)23-9-8-13(21)22-17(23)27/h3-9,15-16,26H,10H2,1-2H3,(H2,21,22,27)/t15-,16+,18+,19+/m0/s1. The molecule has 1 aliphatic heterocycles. The van der Waals surface area contributed by atoms with Crippen LogP contribution in [0.3, 0.4) is 0 Å². The molecule has 3 N–H and O–H groups in total. The number of nitrogens with zero attached hydrogens (tertiary/aromatic N) is 2. The zero-order valence-corrected chi connectivity index (χ0v) is 16.1. The Labute approximate surface area is 170 Å². The topological polar surface area (TPSA) is 143 Å². The Kier molecular flexibility index (Phi) is 5.59. The van der Waals surface area contributed by atoms with Crippen LogP contribution in [0, 0.1) is 0 Å². The number of carbonyl (C=O) groups excluding carboxylic acids is 2. The number of aliphatic hydroxyl groups is 1. The van der Waals surface area contributed by atoms with Crippen molar-refractivity contribution in [1.29, 1.82) is 0 Å². The molecule has 0 spiro atoms. The summed E-state index contributed by atoms with van der Waals surface area (Å²) >= 11 is 0. The van der Waals surface area contributed by atoms with Crippen LogP contribution in [0.25, 0.3) is 0 Å². The monoisotopic (exact) mass is 421 g/mol. The van der Waals surface area contributed by atoms with Gasteiger partial charge in [-0.25, -0.2) is 14.0 Å². The fourth-order valence-corrected chi connectivity index (χ4v) is 3.22. The predicted molar refractivity (Wildman–Crippen MR) is 99.8 cm³/mol. The van der Waals surface area contributed by atoms with E-state index in [-0.39, 0.29) is 11.4 Å². The van der Waals surface area contributed by atoms with Crippen molar-refractivity contribution < 1.29 is 33.3 Å². The summed E-state index contributed by atoms with van der Waals surface area (Å²) in [5, 5.41) is 10.6. The van der Waals surface area contributed by atoms with E-state index in [4.69, 9.17) is 19.9 Å². The number of nitrogens with two attached hydrogens (primary N) is 1. The summed E-state index contributed by atoms with van der Waals surface area (Å²) in [6, 6.07) is 9.05. The third-order valence-electron chi connectivity index (χ3n) is 4.63. The lowest BCUT2D eigenvalue weighted by Gasteiger charge is -2.32. The van der Waals surface area contributed by atoms with Gasteiger partial charge in [-0.2, -0.15) is 4.98 Å². The first-order valence-corrected chi connectivity index (χ1v) is 8.88. The van der Waals surface area contributed by atoms with Crippen LogP contribution >= 0.6 is 0 Å². The van der Waals surface area contributed by atoms with Crippen LogP contribution in [0.1, 0.15) is 30.4 Å². The first kappa shape index (κ1) is 21.4. The number of esters is 2. The van der Waals surface area contributed by atoms with Crippen LogP contribution in [0.5, 0.6) is 0 Å². The van der Waals surface area contributed by atoms with Crippen molar-refractivity contribution in [3.63, 3.8) is 0 Å². The molecule has 0 radical (unpaired) electrons. The van der Waals surface area contributed by atoms with Gasteiger partial charge in [0.1, 0.15) is 5.82 Å². The molecule has 30 heavy (non-hydrogen) atoms. The largest absolute Gasteiger partial charge is 0.456 e. The summed E-state index contributed by atoms with van der Waals surface area (Å²) < 4.78 is 31.8. The first-order chi connectivity index (χ1) is 14.1. The van der Waals surface area contributed by atoms with E-state index in [0.717, 1.165) is 17.7 Å². The number of hydrogen-bond acceptors (Lipinski definition) is 9. The molecule has 2 heterocycles. The molecule has 1 aromatic carbocycles.